The van der Waals surface area contributed by atoms with Crippen LogP contribution in [0.2, 0.25) is 0 Å². The summed E-state index contributed by atoms with van der Waals surface area (Å²) in [5.41, 5.74) is 0.456. The number of carbonyl (C=O) groups excluding carboxylic acids is 1. The van der Waals surface area contributed by atoms with Gasteiger partial charge in [-0.05, 0) is 33.8 Å². The van der Waals surface area contributed by atoms with Gasteiger partial charge in [-0.3, -0.25) is 4.90 Å². The Morgan fingerprint density at radius 3 is 2.81 bits per heavy atom. The van der Waals surface area contributed by atoms with E-state index in [2.05, 4.69) is 23.2 Å². The number of aliphatic hydroxyl groups is 1. The molecule has 1 aromatic carbocycles. The van der Waals surface area contributed by atoms with Gasteiger partial charge in [0.2, 0.25) is 0 Å². The van der Waals surface area contributed by atoms with Crippen LogP contribution in [0.5, 0.6) is 5.75 Å². The molecule has 26 heavy (non-hydrogen) atoms. The van der Waals surface area contributed by atoms with Gasteiger partial charge >= 0.3 is 6.03 Å². The molecule has 1 fully saturated rings. The summed E-state index contributed by atoms with van der Waals surface area (Å²) in [6, 6.07) is 8.15. The number of para-hydroxylation sites is 1. The number of carbonyl (C=O) groups is 1. The van der Waals surface area contributed by atoms with E-state index in [-0.39, 0.29) is 24.0 Å². The highest BCUT2D eigenvalue weighted by Crippen LogP contribution is 2.35. The summed E-state index contributed by atoms with van der Waals surface area (Å²) in [4.78, 5) is 16.9. The molecule has 144 valence electrons. The molecular weight excluding hydrogens is 330 g/mol. The quantitative estimate of drug-likeness (QED) is 0.861. The zero-order valence-corrected chi connectivity index (χ0v) is 16.2. The number of hydrogen-bond acceptors (Lipinski definition) is 4. The maximum Gasteiger partial charge on any atom is 0.317 e. The number of nitrogens with zero attached hydrogens (tertiary/aromatic N) is 2. The molecule has 0 saturated carbocycles. The predicted octanol–water partition coefficient (Wildman–Crippen LogP) is 2.04. The molecule has 1 saturated heterocycles. The molecule has 0 bridgehead atoms. The van der Waals surface area contributed by atoms with Crippen molar-refractivity contribution in [3.05, 3.63) is 29.8 Å². The number of urea groups is 1. The van der Waals surface area contributed by atoms with Crippen molar-refractivity contribution in [2.24, 2.45) is 0 Å². The van der Waals surface area contributed by atoms with Crippen LogP contribution in [0.25, 0.3) is 0 Å². The summed E-state index contributed by atoms with van der Waals surface area (Å²) in [5, 5.41) is 13.2. The molecule has 3 unspecified atom stereocenters. The SMILES string of the molecule is CC(NC(=O)N1CCN(CC(C)(C)O)CC1C)C1COc2ccccc21. The number of benzene rings is 1. The number of nitrogens with one attached hydrogen (secondary N) is 1. The first-order valence-corrected chi connectivity index (χ1v) is 9.48. The van der Waals surface area contributed by atoms with E-state index in [1.807, 2.05) is 43.9 Å². The number of β-amino-alcohol motifs (C(OH)–C–C–N with tert-alkyl or cyclic N) is 1. The largest absolute Gasteiger partial charge is 0.493 e. The Labute approximate surface area is 156 Å². The third-order valence-corrected chi connectivity index (χ3v) is 5.27. The van der Waals surface area contributed by atoms with Gasteiger partial charge in [-0.15, -0.1) is 0 Å². The second kappa shape index (κ2) is 7.45. The summed E-state index contributed by atoms with van der Waals surface area (Å²) in [6.07, 6.45) is 0. The Bertz CT molecular complexity index is 643. The van der Waals surface area contributed by atoms with Gasteiger partial charge in [0, 0.05) is 49.7 Å². The average Bonchev–Trinajstić information content (AvgIpc) is 2.97. The van der Waals surface area contributed by atoms with E-state index in [4.69, 9.17) is 4.74 Å². The van der Waals surface area contributed by atoms with Crippen molar-refractivity contribution in [2.45, 2.75) is 51.3 Å². The molecule has 6 nitrogen and oxygen atoms in total. The molecule has 0 radical (unpaired) electrons. The topological polar surface area (TPSA) is 65.0 Å². The van der Waals surface area contributed by atoms with Crippen molar-refractivity contribution in [2.75, 3.05) is 32.8 Å². The van der Waals surface area contributed by atoms with Crippen LogP contribution in [0.1, 0.15) is 39.2 Å². The standard InChI is InChI=1S/C20H31N3O3/c1-14-11-22(13-20(3,4)25)9-10-23(14)19(24)21-15(2)17-12-26-18-8-6-5-7-16(17)18/h5-8,14-15,17,25H,9-13H2,1-4H3,(H,21,24). The molecule has 0 spiro atoms. The lowest BCUT2D eigenvalue weighted by Gasteiger charge is -2.42. The van der Waals surface area contributed by atoms with Gasteiger partial charge in [-0.1, -0.05) is 18.2 Å². The minimum absolute atomic E-state index is 0.00718. The number of piperazine rings is 1. The molecular formula is C20H31N3O3. The van der Waals surface area contributed by atoms with E-state index in [9.17, 15) is 9.90 Å². The van der Waals surface area contributed by atoms with E-state index in [1.165, 1.54) is 5.56 Å². The molecule has 2 N–H and O–H groups in total. The molecule has 0 aliphatic carbocycles. The average molecular weight is 361 g/mol. The summed E-state index contributed by atoms with van der Waals surface area (Å²) in [5.74, 6) is 1.11. The van der Waals surface area contributed by atoms with Gasteiger partial charge < -0.3 is 20.1 Å². The summed E-state index contributed by atoms with van der Waals surface area (Å²) in [6.45, 7) is 11.2. The highest BCUT2D eigenvalue weighted by molar-refractivity contribution is 5.75. The second-order valence-electron chi connectivity index (χ2n) is 8.28. The number of hydrogen-bond donors (Lipinski definition) is 2. The Morgan fingerprint density at radius 2 is 2.12 bits per heavy atom. The van der Waals surface area contributed by atoms with E-state index in [0.717, 1.165) is 18.8 Å². The fraction of sp³-hybridized carbons (Fsp3) is 0.650. The Kier molecular flexibility index (Phi) is 5.44. The van der Waals surface area contributed by atoms with Crippen LogP contribution >= 0.6 is 0 Å². The van der Waals surface area contributed by atoms with Crippen LogP contribution in [0, 0.1) is 0 Å². The van der Waals surface area contributed by atoms with E-state index < -0.39 is 5.60 Å². The normalized spacial score (nSPS) is 24.7. The first kappa shape index (κ1) is 19.0. The summed E-state index contributed by atoms with van der Waals surface area (Å²) >= 11 is 0. The van der Waals surface area contributed by atoms with Crippen LogP contribution < -0.4 is 10.1 Å². The smallest absolute Gasteiger partial charge is 0.317 e. The zero-order valence-electron chi connectivity index (χ0n) is 16.2. The Morgan fingerprint density at radius 1 is 1.38 bits per heavy atom. The van der Waals surface area contributed by atoms with E-state index in [0.29, 0.717) is 19.7 Å². The van der Waals surface area contributed by atoms with Crippen molar-refractivity contribution >= 4 is 6.03 Å². The molecule has 2 heterocycles. The van der Waals surface area contributed by atoms with Crippen LogP contribution in [-0.2, 0) is 0 Å². The van der Waals surface area contributed by atoms with Gasteiger partial charge in [0.25, 0.3) is 0 Å². The molecule has 3 atom stereocenters. The van der Waals surface area contributed by atoms with Crippen LogP contribution in [0.4, 0.5) is 4.79 Å². The Hall–Kier alpha value is -1.79. The summed E-state index contributed by atoms with van der Waals surface area (Å²) < 4.78 is 5.75. The minimum atomic E-state index is -0.714. The van der Waals surface area contributed by atoms with E-state index >= 15 is 0 Å². The lowest BCUT2D eigenvalue weighted by molar-refractivity contribution is 0.0117. The molecule has 1 aromatic rings. The Balaban J connectivity index is 1.56. The van der Waals surface area contributed by atoms with E-state index in [1.54, 1.807) is 0 Å². The maximum atomic E-state index is 12.8. The highest BCUT2D eigenvalue weighted by atomic mass is 16.5. The predicted molar refractivity (Wildman–Crippen MR) is 102 cm³/mol. The lowest BCUT2D eigenvalue weighted by atomic mass is 9.94. The number of fused-ring (bicyclic) bond motifs is 1. The van der Waals surface area contributed by atoms with Crippen molar-refractivity contribution < 1.29 is 14.6 Å². The number of rotatable bonds is 4. The maximum absolute atomic E-state index is 12.8. The van der Waals surface area contributed by atoms with Crippen molar-refractivity contribution in [1.82, 2.24) is 15.1 Å². The highest BCUT2D eigenvalue weighted by Gasteiger charge is 2.33. The first-order chi connectivity index (χ1) is 12.2. The first-order valence-electron chi connectivity index (χ1n) is 9.48. The summed E-state index contributed by atoms with van der Waals surface area (Å²) in [7, 11) is 0. The molecule has 2 amide bonds. The zero-order chi connectivity index (χ0) is 18.9. The van der Waals surface area contributed by atoms with Gasteiger partial charge in [0.15, 0.2) is 0 Å². The molecule has 2 aliphatic rings. The van der Waals surface area contributed by atoms with Crippen LogP contribution in [-0.4, -0.2) is 71.4 Å². The molecule has 0 aromatic heterocycles. The number of ether oxygens (including phenoxy) is 1. The van der Waals surface area contributed by atoms with Crippen molar-refractivity contribution in [3.63, 3.8) is 0 Å². The lowest BCUT2D eigenvalue weighted by Crippen LogP contribution is -2.59. The van der Waals surface area contributed by atoms with Crippen LogP contribution in [0.15, 0.2) is 24.3 Å². The molecule has 3 rings (SSSR count). The van der Waals surface area contributed by atoms with Crippen LogP contribution in [0.3, 0.4) is 0 Å². The number of amides is 2. The third kappa shape index (κ3) is 4.30. The van der Waals surface area contributed by atoms with Crippen molar-refractivity contribution in [3.8, 4) is 5.75 Å². The minimum Gasteiger partial charge on any atom is -0.493 e. The van der Waals surface area contributed by atoms with Gasteiger partial charge in [0.05, 0.1) is 12.2 Å². The second-order valence-corrected chi connectivity index (χ2v) is 8.28. The fourth-order valence-corrected chi connectivity index (χ4v) is 4.01. The molecule has 6 heteroatoms. The third-order valence-electron chi connectivity index (χ3n) is 5.27. The fourth-order valence-electron chi connectivity index (χ4n) is 4.01. The van der Waals surface area contributed by atoms with Gasteiger partial charge in [-0.25, -0.2) is 4.79 Å². The van der Waals surface area contributed by atoms with Gasteiger partial charge in [-0.2, -0.15) is 0 Å². The molecule has 2 aliphatic heterocycles. The van der Waals surface area contributed by atoms with Gasteiger partial charge in [0.1, 0.15) is 5.75 Å². The van der Waals surface area contributed by atoms with Crippen molar-refractivity contribution in [1.29, 1.82) is 0 Å². The monoisotopic (exact) mass is 361 g/mol.